The van der Waals surface area contributed by atoms with Gasteiger partial charge in [-0.1, -0.05) is 164 Å². The summed E-state index contributed by atoms with van der Waals surface area (Å²) >= 11 is 0. The van der Waals surface area contributed by atoms with Gasteiger partial charge >= 0.3 is 0 Å². The molecule has 0 bridgehead atoms. The molecule has 3 nitrogen and oxygen atoms in total. The monoisotopic (exact) mass is 762 g/mol. The predicted molar refractivity (Wildman–Crippen MR) is 249 cm³/mol. The van der Waals surface area contributed by atoms with Gasteiger partial charge in [0.1, 0.15) is 5.58 Å². The second-order valence-electron chi connectivity index (χ2n) is 16.3. The van der Waals surface area contributed by atoms with Crippen molar-refractivity contribution in [1.29, 1.82) is 0 Å². The van der Waals surface area contributed by atoms with E-state index in [0.717, 1.165) is 39.0 Å². The molecule has 0 saturated heterocycles. The van der Waals surface area contributed by atoms with Gasteiger partial charge in [-0.2, -0.15) is 0 Å². The van der Waals surface area contributed by atoms with E-state index in [1.807, 2.05) is 0 Å². The standard InChI is InChI=1S/C57H34N2O/c1-2-17-36(18-3-1)58(50-30-15-25-43-40-22-9-13-31-52(40)60-56(43)50)51-34-47-54(41-23-7-6-20-38(41)51)53-37-19-5-4-16-35(37)32-33-45(53)57(47)44-26-10-12-29-49(44)59-48-28-11-8-21-39(48)42-24-14-27-46(57)55(42)59/h1-34H. The first kappa shape index (κ1) is 32.1. The molecule has 60 heavy (non-hydrogen) atoms. The number of anilines is 3. The van der Waals surface area contributed by atoms with Gasteiger partial charge in [0.05, 0.1) is 33.5 Å². The first-order valence-corrected chi connectivity index (χ1v) is 20.8. The van der Waals surface area contributed by atoms with Crippen LogP contribution in [0.5, 0.6) is 0 Å². The van der Waals surface area contributed by atoms with Crippen LogP contribution in [0.1, 0.15) is 22.3 Å². The smallest absolute Gasteiger partial charge is 0.159 e. The Morgan fingerprint density at radius 1 is 0.400 bits per heavy atom. The van der Waals surface area contributed by atoms with Crippen LogP contribution in [0.4, 0.5) is 17.1 Å². The zero-order valence-electron chi connectivity index (χ0n) is 32.4. The summed E-state index contributed by atoms with van der Waals surface area (Å²) in [6, 6.07) is 76.1. The molecule has 0 saturated carbocycles. The van der Waals surface area contributed by atoms with Crippen LogP contribution in [0.3, 0.4) is 0 Å². The third-order valence-corrected chi connectivity index (χ3v) is 13.5. The highest BCUT2D eigenvalue weighted by Gasteiger charge is 2.52. The third-order valence-electron chi connectivity index (χ3n) is 13.5. The second-order valence-corrected chi connectivity index (χ2v) is 16.3. The van der Waals surface area contributed by atoms with E-state index in [-0.39, 0.29) is 0 Å². The lowest BCUT2D eigenvalue weighted by molar-refractivity contribution is 0.669. The van der Waals surface area contributed by atoms with Gasteiger partial charge in [-0.25, -0.2) is 0 Å². The molecule has 1 aliphatic carbocycles. The lowest BCUT2D eigenvalue weighted by Crippen LogP contribution is -2.33. The topological polar surface area (TPSA) is 21.3 Å². The molecular formula is C57H34N2O. The molecule has 3 heteroatoms. The maximum absolute atomic E-state index is 6.83. The highest BCUT2D eigenvalue weighted by atomic mass is 16.3. The molecule has 14 rings (SSSR count). The van der Waals surface area contributed by atoms with Crippen molar-refractivity contribution < 1.29 is 4.42 Å². The van der Waals surface area contributed by atoms with E-state index in [4.69, 9.17) is 4.42 Å². The minimum atomic E-state index is -0.637. The van der Waals surface area contributed by atoms with E-state index >= 15 is 0 Å². The summed E-state index contributed by atoms with van der Waals surface area (Å²) in [6.07, 6.45) is 0. The van der Waals surface area contributed by atoms with Gasteiger partial charge in [0.15, 0.2) is 5.58 Å². The first-order chi connectivity index (χ1) is 29.8. The zero-order chi connectivity index (χ0) is 39.1. The van der Waals surface area contributed by atoms with Gasteiger partial charge in [0.2, 0.25) is 0 Å². The second kappa shape index (κ2) is 11.6. The SMILES string of the molecule is c1ccc(N(c2cc3c(c4ccccc24)-c2c(ccc4ccccc24)C32c3ccccc3-n3c4ccccc4c4cccc2c43)c2cccc3c2oc2ccccc23)cc1. The highest BCUT2D eigenvalue weighted by Crippen LogP contribution is 2.64. The van der Waals surface area contributed by atoms with Gasteiger partial charge in [-0.3, -0.25) is 0 Å². The van der Waals surface area contributed by atoms with Crippen molar-refractivity contribution in [3.63, 3.8) is 0 Å². The number of rotatable bonds is 3. The molecule has 1 unspecified atom stereocenters. The molecule has 1 spiro atoms. The van der Waals surface area contributed by atoms with Crippen LogP contribution < -0.4 is 4.90 Å². The van der Waals surface area contributed by atoms with E-state index in [2.05, 4.69) is 216 Å². The van der Waals surface area contributed by atoms with Crippen LogP contribution in [0.15, 0.2) is 211 Å². The van der Waals surface area contributed by atoms with E-state index in [1.54, 1.807) is 0 Å². The maximum Gasteiger partial charge on any atom is 0.159 e. The van der Waals surface area contributed by atoms with Crippen LogP contribution >= 0.6 is 0 Å². The van der Waals surface area contributed by atoms with Crippen molar-refractivity contribution in [1.82, 2.24) is 4.57 Å². The Hall–Kier alpha value is -7.88. The number of nitrogens with zero attached hydrogens (tertiary/aromatic N) is 2. The number of aromatic nitrogens is 1. The van der Waals surface area contributed by atoms with E-state index in [0.29, 0.717) is 0 Å². The average molecular weight is 763 g/mol. The van der Waals surface area contributed by atoms with Crippen molar-refractivity contribution in [2.75, 3.05) is 4.90 Å². The summed E-state index contributed by atoms with van der Waals surface area (Å²) in [6.45, 7) is 0. The quantitative estimate of drug-likeness (QED) is 0.179. The normalized spacial score (nSPS) is 15.1. The lowest BCUT2D eigenvalue weighted by Gasteiger charge is -2.40. The molecule has 2 aliphatic rings. The molecular weight excluding hydrogens is 729 g/mol. The Morgan fingerprint density at radius 3 is 1.95 bits per heavy atom. The summed E-state index contributed by atoms with van der Waals surface area (Å²) in [4.78, 5) is 2.44. The number of fused-ring (bicyclic) bond motifs is 19. The van der Waals surface area contributed by atoms with Crippen molar-refractivity contribution in [2.45, 2.75) is 5.41 Å². The molecule has 1 atom stereocenters. The van der Waals surface area contributed by atoms with Gasteiger partial charge in [0, 0.05) is 32.6 Å². The van der Waals surface area contributed by atoms with Crippen molar-refractivity contribution in [3.8, 4) is 16.8 Å². The summed E-state index contributed by atoms with van der Waals surface area (Å²) in [5.41, 5.74) is 15.8. The summed E-state index contributed by atoms with van der Waals surface area (Å²) in [7, 11) is 0. The van der Waals surface area contributed by atoms with Crippen LogP contribution in [0, 0.1) is 0 Å². The molecule has 3 heterocycles. The van der Waals surface area contributed by atoms with E-state index in [1.165, 1.54) is 82.4 Å². The Bertz CT molecular complexity index is 3800. The first-order valence-electron chi connectivity index (χ1n) is 20.8. The molecule has 2 aromatic heterocycles. The van der Waals surface area contributed by atoms with Crippen molar-refractivity contribution >= 4 is 82.4 Å². The molecule has 1 aliphatic heterocycles. The van der Waals surface area contributed by atoms with Crippen LogP contribution in [-0.2, 0) is 5.41 Å². The van der Waals surface area contributed by atoms with Crippen LogP contribution in [0.2, 0.25) is 0 Å². The van der Waals surface area contributed by atoms with Gasteiger partial charge in [0.25, 0.3) is 0 Å². The van der Waals surface area contributed by atoms with E-state index in [9.17, 15) is 0 Å². The summed E-state index contributed by atoms with van der Waals surface area (Å²) in [5, 5.41) is 9.69. The fraction of sp³-hybridized carbons (Fsp3) is 0.0175. The van der Waals surface area contributed by atoms with E-state index < -0.39 is 5.41 Å². The highest BCUT2D eigenvalue weighted by molar-refractivity contribution is 6.19. The van der Waals surface area contributed by atoms with Gasteiger partial charge in [-0.05, 0) is 92.0 Å². The summed E-state index contributed by atoms with van der Waals surface area (Å²) in [5.74, 6) is 0. The molecule has 0 N–H and O–H groups in total. The van der Waals surface area contributed by atoms with Crippen LogP contribution in [0.25, 0.3) is 82.1 Å². The molecule has 0 radical (unpaired) electrons. The average Bonchev–Trinajstić information content (AvgIpc) is 3.96. The Morgan fingerprint density at radius 2 is 1.05 bits per heavy atom. The van der Waals surface area contributed by atoms with Crippen LogP contribution in [-0.4, -0.2) is 4.57 Å². The van der Waals surface area contributed by atoms with Gasteiger partial charge < -0.3 is 13.9 Å². The lowest BCUT2D eigenvalue weighted by atomic mass is 9.65. The Kier molecular flexibility index (Phi) is 6.22. The van der Waals surface area contributed by atoms with Crippen molar-refractivity contribution in [2.24, 2.45) is 0 Å². The zero-order valence-corrected chi connectivity index (χ0v) is 32.4. The molecule has 278 valence electrons. The predicted octanol–water partition coefficient (Wildman–Crippen LogP) is 15.1. The fourth-order valence-corrected chi connectivity index (χ4v) is 11.3. The minimum absolute atomic E-state index is 0.637. The molecule has 12 aromatic rings. The molecule has 10 aromatic carbocycles. The largest absolute Gasteiger partial charge is 0.454 e. The number of benzene rings is 10. The number of furan rings is 1. The third kappa shape index (κ3) is 3.90. The fourth-order valence-electron chi connectivity index (χ4n) is 11.3. The molecule has 0 amide bonds. The van der Waals surface area contributed by atoms with Crippen molar-refractivity contribution in [3.05, 3.63) is 229 Å². The summed E-state index contributed by atoms with van der Waals surface area (Å²) < 4.78 is 9.36. The molecule has 0 fully saturated rings. The minimum Gasteiger partial charge on any atom is -0.454 e. The number of para-hydroxylation sites is 6. The number of hydrogen-bond donors (Lipinski definition) is 0. The maximum atomic E-state index is 6.83. The van der Waals surface area contributed by atoms with Gasteiger partial charge in [-0.15, -0.1) is 0 Å². The Balaban J connectivity index is 1.20. The Labute approximate surface area is 345 Å². The number of hydrogen-bond acceptors (Lipinski definition) is 2.